The van der Waals surface area contributed by atoms with Gasteiger partial charge in [0.15, 0.2) is 0 Å². The topological polar surface area (TPSA) is 70.1 Å². The van der Waals surface area contributed by atoms with Crippen molar-refractivity contribution < 1.29 is 19.4 Å². The van der Waals surface area contributed by atoms with Crippen molar-refractivity contribution in [2.24, 2.45) is 0 Å². The summed E-state index contributed by atoms with van der Waals surface area (Å²) < 4.78 is 5.35. The van der Waals surface area contributed by atoms with Gasteiger partial charge in [0.2, 0.25) is 0 Å². The van der Waals surface area contributed by atoms with Gasteiger partial charge in [-0.15, -0.1) is 0 Å². The molecular weight excluding hydrogens is 272 g/mol. The standard InChI is InChI=1S/C15H26N2O4/c1-2-5-12-6-3-4-7-16(12)15(20)17-8-9-21-11-13(17)10-14(18)19/h12-13H,2-11H2,1H3,(H,18,19). The Kier molecular flexibility index (Phi) is 5.85. The molecule has 1 N–H and O–H groups in total. The van der Waals surface area contributed by atoms with Crippen molar-refractivity contribution in [3.8, 4) is 0 Å². The van der Waals surface area contributed by atoms with Crippen LogP contribution in [0.25, 0.3) is 0 Å². The molecule has 2 rings (SSSR count). The van der Waals surface area contributed by atoms with Gasteiger partial charge in [-0.3, -0.25) is 4.79 Å². The fourth-order valence-corrected chi connectivity index (χ4v) is 3.33. The van der Waals surface area contributed by atoms with E-state index in [9.17, 15) is 9.59 Å². The first-order valence-electron chi connectivity index (χ1n) is 8.00. The molecule has 2 atom stereocenters. The number of likely N-dealkylation sites (tertiary alicyclic amines) is 1. The maximum atomic E-state index is 12.8. The van der Waals surface area contributed by atoms with Crippen LogP contribution in [0.2, 0.25) is 0 Å². The van der Waals surface area contributed by atoms with Crippen molar-refractivity contribution in [2.45, 2.75) is 57.5 Å². The molecule has 6 nitrogen and oxygen atoms in total. The average molecular weight is 298 g/mol. The van der Waals surface area contributed by atoms with E-state index in [1.807, 2.05) is 4.90 Å². The summed E-state index contributed by atoms with van der Waals surface area (Å²) in [5.41, 5.74) is 0. The molecule has 2 saturated heterocycles. The highest BCUT2D eigenvalue weighted by Gasteiger charge is 2.35. The molecule has 2 aliphatic rings. The SMILES string of the molecule is CCCC1CCCCN1C(=O)N1CCOCC1CC(=O)O. The van der Waals surface area contributed by atoms with E-state index in [0.29, 0.717) is 25.8 Å². The number of hydrogen-bond acceptors (Lipinski definition) is 3. The minimum atomic E-state index is -0.882. The number of hydrogen-bond donors (Lipinski definition) is 1. The molecule has 0 saturated carbocycles. The van der Waals surface area contributed by atoms with Gasteiger partial charge in [-0.25, -0.2) is 4.79 Å². The number of carbonyl (C=O) groups excluding carboxylic acids is 1. The maximum absolute atomic E-state index is 12.8. The van der Waals surface area contributed by atoms with E-state index in [4.69, 9.17) is 9.84 Å². The first-order chi connectivity index (χ1) is 10.1. The Balaban J connectivity index is 2.05. The summed E-state index contributed by atoms with van der Waals surface area (Å²) in [6.45, 7) is 4.24. The van der Waals surface area contributed by atoms with Gasteiger partial charge >= 0.3 is 12.0 Å². The molecule has 0 bridgehead atoms. The zero-order valence-corrected chi connectivity index (χ0v) is 12.8. The third-order valence-electron chi connectivity index (χ3n) is 4.38. The highest BCUT2D eigenvalue weighted by atomic mass is 16.5. The van der Waals surface area contributed by atoms with Gasteiger partial charge in [0.25, 0.3) is 0 Å². The van der Waals surface area contributed by atoms with Crippen LogP contribution in [0.15, 0.2) is 0 Å². The molecule has 0 spiro atoms. The number of urea groups is 1. The van der Waals surface area contributed by atoms with Gasteiger partial charge in [0.05, 0.1) is 25.7 Å². The lowest BCUT2D eigenvalue weighted by Gasteiger charge is -2.43. The summed E-state index contributed by atoms with van der Waals surface area (Å²) in [7, 11) is 0. The number of rotatable bonds is 4. The van der Waals surface area contributed by atoms with Gasteiger partial charge in [0, 0.05) is 19.1 Å². The van der Waals surface area contributed by atoms with Crippen molar-refractivity contribution in [1.29, 1.82) is 0 Å². The van der Waals surface area contributed by atoms with Crippen LogP contribution >= 0.6 is 0 Å². The average Bonchev–Trinajstić information content (AvgIpc) is 2.47. The normalized spacial score (nSPS) is 26.7. The second-order valence-electron chi connectivity index (χ2n) is 5.93. The molecule has 2 fully saturated rings. The molecule has 0 aromatic carbocycles. The Bertz CT molecular complexity index is 373. The van der Waals surface area contributed by atoms with E-state index in [1.165, 1.54) is 6.42 Å². The van der Waals surface area contributed by atoms with Crippen molar-refractivity contribution >= 4 is 12.0 Å². The van der Waals surface area contributed by atoms with Crippen LogP contribution in [0.4, 0.5) is 4.79 Å². The van der Waals surface area contributed by atoms with Crippen LogP contribution in [0.5, 0.6) is 0 Å². The predicted molar refractivity (Wildman–Crippen MR) is 78.2 cm³/mol. The predicted octanol–water partition coefficient (Wildman–Crippen LogP) is 1.94. The Morgan fingerprint density at radius 2 is 1.95 bits per heavy atom. The Morgan fingerprint density at radius 3 is 2.67 bits per heavy atom. The Hall–Kier alpha value is -1.30. The Labute approximate surface area is 126 Å². The highest BCUT2D eigenvalue weighted by Crippen LogP contribution is 2.24. The van der Waals surface area contributed by atoms with Crippen LogP contribution < -0.4 is 0 Å². The number of carboxylic acids is 1. The van der Waals surface area contributed by atoms with Crippen molar-refractivity contribution in [3.63, 3.8) is 0 Å². The van der Waals surface area contributed by atoms with Crippen LogP contribution in [-0.4, -0.2) is 65.3 Å². The molecule has 2 unspecified atom stereocenters. The van der Waals surface area contributed by atoms with Crippen LogP contribution in [0.3, 0.4) is 0 Å². The number of amides is 2. The van der Waals surface area contributed by atoms with Crippen LogP contribution in [0, 0.1) is 0 Å². The zero-order valence-electron chi connectivity index (χ0n) is 12.8. The highest BCUT2D eigenvalue weighted by molar-refractivity contribution is 5.76. The molecule has 0 aromatic rings. The van der Waals surface area contributed by atoms with Gasteiger partial charge in [-0.1, -0.05) is 13.3 Å². The van der Waals surface area contributed by atoms with E-state index in [1.54, 1.807) is 4.90 Å². The molecule has 6 heteroatoms. The van der Waals surface area contributed by atoms with Crippen molar-refractivity contribution in [2.75, 3.05) is 26.3 Å². The first-order valence-corrected chi connectivity index (χ1v) is 8.00. The molecule has 2 amide bonds. The lowest BCUT2D eigenvalue weighted by atomic mass is 9.98. The molecule has 0 aliphatic carbocycles. The Morgan fingerprint density at radius 1 is 1.19 bits per heavy atom. The minimum Gasteiger partial charge on any atom is -0.481 e. The fraction of sp³-hybridized carbons (Fsp3) is 0.867. The van der Waals surface area contributed by atoms with E-state index in [-0.39, 0.29) is 18.5 Å². The number of piperidine rings is 1. The molecule has 0 radical (unpaired) electrons. The van der Waals surface area contributed by atoms with Gasteiger partial charge < -0.3 is 19.6 Å². The van der Waals surface area contributed by atoms with E-state index in [2.05, 4.69) is 6.92 Å². The quantitative estimate of drug-likeness (QED) is 0.861. The van der Waals surface area contributed by atoms with E-state index in [0.717, 1.165) is 32.2 Å². The van der Waals surface area contributed by atoms with E-state index < -0.39 is 5.97 Å². The van der Waals surface area contributed by atoms with E-state index >= 15 is 0 Å². The number of carbonyl (C=O) groups is 2. The smallest absolute Gasteiger partial charge is 0.320 e. The summed E-state index contributed by atoms with van der Waals surface area (Å²) >= 11 is 0. The molecule has 2 aliphatic heterocycles. The van der Waals surface area contributed by atoms with Crippen LogP contribution in [0.1, 0.15) is 45.4 Å². The minimum absolute atomic E-state index is 0.00250. The van der Waals surface area contributed by atoms with Crippen molar-refractivity contribution in [1.82, 2.24) is 9.80 Å². The summed E-state index contributed by atoms with van der Waals surface area (Å²) in [5, 5.41) is 9.00. The van der Waals surface area contributed by atoms with Gasteiger partial charge in [0.1, 0.15) is 0 Å². The number of morpholine rings is 1. The first kappa shape index (κ1) is 16.1. The number of nitrogens with zero attached hydrogens (tertiary/aromatic N) is 2. The number of carboxylic acid groups (broad SMARTS) is 1. The van der Waals surface area contributed by atoms with Crippen LogP contribution in [-0.2, 0) is 9.53 Å². The fourth-order valence-electron chi connectivity index (χ4n) is 3.33. The van der Waals surface area contributed by atoms with Gasteiger partial charge in [-0.05, 0) is 25.7 Å². The lowest BCUT2D eigenvalue weighted by molar-refractivity contribution is -0.139. The number of aliphatic carboxylic acids is 1. The molecule has 2 heterocycles. The maximum Gasteiger partial charge on any atom is 0.320 e. The monoisotopic (exact) mass is 298 g/mol. The lowest BCUT2D eigenvalue weighted by Crippen LogP contribution is -2.57. The molecule has 120 valence electrons. The molecule has 21 heavy (non-hydrogen) atoms. The van der Waals surface area contributed by atoms with Gasteiger partial charge in [-0.2, -0.15) is 0 Å². The summed E-state index contributed by atoms with van der Waals surface area (Å²) in [6, 6.07) is -0.0276. The molecule has 0 aromatic heterocycles. The molecular formula is C15H26N2O4. The third-order valence-corrected chi connectivity index (χ3v) is 4.38. The summed E-state index contributed by atoms with van der Waals surface area (Å²) in [4.78, 5) is 27.5. The zero-order chi connectivity index (χ0) is 15.2. The van der Waals surface area contributed by atoms with Crippen molar-refractivity contribution in [3.05, 3.63) is 0 Å². The second kappa shape index (κ2) is 7.64. The third kappa shape index (κ3) is 4.09. The second-order valence-corrected chi connectivity index (χ2v) is 5.93. The largest absolute Gasteiger partial charge is 0.481 e. The summed E-state index contributed by atoms with van der Waals surface area (Å²) in [6.07, 6.45) is 5.33. The summed E-state index contributed by atoms with van der Waals surface area (Å²) in [5.74, 6) is -0.882. The number of ether oxygens (including phenoxy) is 1.